The van der Waals surface area contributed by atoms with Gasteiger partial charge in [-0.2, -0.15) is 0 Å². The van der Waals surface area contributed by atoms with Crippen LogP contribution in [0.1, 0.15) is 6.42 Å². The number of benzene rings is 1. The van der Waals surface area contributed by atoms with Crippen molar-refractivity contribution in [2.24, 2.45) is 5.73 Å². The second-order valence-corrected chi connectivity index (χ2v) is 4.56. The van der Waals surface area contributed by atoms with Crippen LogP contribution in [0.4, 0.5) is 10.1 Å². The van der Waals surface area contributed by atoms with Crippen LogP contribution in [0, 0.1) is 5.82 Å². The highest BCUT2D eigenvalue weighted by molar-refractivity contribution is 5.85. The smallest absolute Gasteiger partial charge is 0.239 e. The predicted octanol–water partition coefficient (Wildman–Crippen LogP) is -0.157. The lowest BCUT2D eigenvalue weighted by atomic mass is 10.2. The van der Waals surface area contributed by atoms with Crippen molar-refractivity contribution >= 4 is 17.5 Å². The first-order valence-corrected chi connectivity index (χ1v) is 6.73. The molecule has 0 atom stereocenters. The Balaban J connectivity index is 2.20. The summed E-state index contributed by atoms with van der Waals surface area (Å²) >= 11 is 0. The fourth-order valence-electron chi connectivity index (χ4n) is 1.74. The summed E-state index contributed by atoms with van der Waals surface area (Å²) in [6.07, 6.45) is 0.668. The summed E-state index contributed by atoms with van der Waals surface area (Å²) in [7, 11) is 1.79. The molecule has 2 amide bonds. The number of carbonyl (C=O) groups is 2. The van der Waals surface area contributed by atoms with Crippen LogP contribution >= 0.6 is 0 Å². The molecule has 21 heavy (non-hydrogen) atoms. The number of hydrogen-bond donors (Lipinski definition) is 3. The highest BCUT2D eigenvalue weighted by atomic mass is 19.1. The summed E-state index contributed by atoms with van der Waals surface area (Å²) in [6.45, 7) is 0.840. The van der Waals surface area contributed by atoms with Gasteiger partial charge in [0, 0.05) is 20.1 Å². The minimum absolute atomic E-state index is 0.0841. The monoisotopic (exact) mass is 296 g/mol. The maximum atomic E-state index is 13.5. The number of nitrogens with one attached hydrogen (secondary N) is 2. The first kappa shape index (κ1) is 16.9. The number of nitrogens with two attached hydrogens (primary N) is 1. The molecule has 0 saturated carbocycles. The Morgan fingerprint density at radius 2 is 1.95 bits per heavy atom. The molecule has 0 radical (unpaired) electrons. The Morgan fingerprint density at radius 1 is 1.24 bits per heavy atom. The highest BCUT2D eigenvalue weighted by Crippen LogP contribution is 2.16. The number of rotatable bonds is 8. The average molecular weight is 296 g/mol. The first-order valence-electron chi connectivity index (χ1n) is 6.73. The number of para-hydroxylation sites is 1. The van der Waals surface area contributed by atoms with Gasteiger partial charge in [-0.3, -0.25) is 9.59 Å². The van der Waals surface area contributed by atoms with E-state index in [0.717, 1.165) is 0 Å². The third-order valence-electron chi connectivity index (χ3n) is 2.89. The van der Waals surface area contributed by atoms with Crippen LogP contribution in [0.15, 0.2) is 24.3 Å². The molecule has 0 spiro atoms. The molecule has 0 aliphatic rings. The molecule has 1 rings (SSSR count). The zero-order chi connectivity index (χ0) is 15.7. The van der Waals surface area contributed by atoms with Gasteiger partial charge >= 0.3 is 0 Å². The lowest BCUT2D eigenvalue weighted by Crippen LogP contribution is -2.40. The van der Waals surface area contributed by atoms with Crippen LogP contribution < -0.4 is 21.3 Å². The number of nitrogens with zero attached hydrogens (tertiary/aromatic N) is 1. The van der Waals surface area contributed by atoms with Crippen molar-refractivity contribution in [2.75, 3.05) is 38.1 Å². The molecule has 0 aromatic heterocycles. The third kappa shape index (κ3) is 6.22. The van der Waals surface area contributed by atoms with Gasteiger partial charge in [0.15, 0.2) is 0 Å². The summed E-state index contributed by atoms with van der Waals surface area (Å²) in [5.41, 5.74) is 5.63. The molecular formula is C14H21FN4O2. The van der Waals surface area contributed by atoms with E-state index in [9.17, 15) is 14.0 Å². The van der Waals surface area contributed by atoms with Gasteiger partial charge in [-0.25, -0.2) is 4.39 Å². The van der Waals surface area contributed by atoms with Crippen LogP contribution in [-0.2, 0) is 9.59 Å². The van der Waals surface area contributed by atoms with Crippen molar-refractivity contribution < 1.29 is 14.0 Å². The van der Waals surface area contributed by atoms with Gasteiger partial charge in [-0.05, 0) is 18.6 Å². The van der Waals surface area contributed by atoms with E-state index in [2.05, 4.69) is 10.6 Å². The minimum Gasteiger partial charge on any atom is -0.372 e. The van der Waals surface area contributed by atoms with Crippen molar-refractivity contribution in [3.05, 3.63) is 30.1 Å². The second-order valence-electron chi connectivity index (χ2n) is 4.56. The molecule has 0 saturated heterocycles. The Bertz CT molecular complexity index is 482. The highest BCUT2D eigenvalue weighted by Gasteiger charge is 2.07. The normalized spacial score (nSPS) is 10.0. The van der Waals surface area contributed by atoms with Gasteiger partial charge in [0.05, 0.1) is 18.8 Å². The van der Waals surface area contributed by atoms with E-state index in [1.165, 1.54) is 6.07 Å². The molecule has 7 heteroatoms. The average Bonchev–Trinajstić information content (AvgIpc) is 2.49. The lowest BCUT2D eigenvalue weighted by Gasteiger charge is -2.19. The number of anilines is 1. The van der Waals surface area contributed by atoms with Gasteiger partial charge < -0.3 is 21.3 Å². The molecule has 1 aromatic rings. The number of amides is 2. The topological polar surface area (TPSA) is 87.5 Å². The van der Waals surface area contributed by atoms with Gasteiger partial charge in [-0.1, -0.05) is 12.1 Å². The number of carbonyl (C=O) groups excluding carboxylic acids is 2. The van der Waals surface area contributed by atoms with Crippen molar-refractivity contribution in [1.82, 2.24) is 10.6 Å². The van der Waals surface area contributed by atoms with Crippen LogP contribution in [0.25, 0.3) is 0 Å². The molecule has 116 valence electrons. The van der Waals surface area contributed by atoms with Crippen LogP contribution in [0.2, 0.25) is 0 Å². The van der Waals surface area contributed by atoms with Gasteiger partial charge in [0.1, 0.15) is 5.82 Å². The zero-order valence-corrected chi connectivity index (χ0v) is 12.1. The van der Waals surface area contributed by atoms with Gasteiger partial charge in [0.25, 0.3) is 0 Å². The van der Waals surface area contributed by atoms with E-state index in [4.69, 9.17) is 5.73 Å². The molecule has 0 unspecified atom stereocenters. The van der Waals surface area contributed by atoms with E-state index < -0.39 is 0 Å². The maximum Gasteiger partial charge on any atom is 0.239 e. The van der Waals surface area contributed by atoms with Crippen molar-refractivity contribution in [3.63, 3.8) is 0 Å². The Kier molecular flexibility index (Phi) is 7.17. The standard InChI is InChI=1S/C14H21FN4O2/c1-19(12-6-3-2-5-11(12)15)8-4-7-17-14(21)10-18-13(20)9-16/h2-3,5-6H,4,7-10,16H2,1H3,(H,17,21)(H,18,20). The Labute approximate surface area is 123 Å². The van der Waals surface area contributed by atoms with Gasteiger partial charge in [-0.15, -0.1) is 0 Å². The second kappa shape index (κ2) is 8.91. The van der Waals surface area contributed by atoms with Crippen LogP contribution in [0.5, 0.6) is 0 Å². The predicted molar refractivity (Wildman–Crippen MR) is 79.4 cm³/mol. The van der Waals surface area contributed by atoms with Crippen molar-refractivity contribution in [1.29, 1.82) is 0 Å². The Hall–Kier alpha value is -2.15. The van der Waals surface area contributed by atoms with E-state index in [0.29, 0.717) is 25.2 Å². The maximum absolute atomic E-state index is 13.5. The molecule has 0 aliphatic heterocycles. The molecule has 0 fully saturated rings. The molecule has 1 aromatic carbocycles. The minimum atomic E-state index is -0.371. The van der Waals surface area contributed by atoms with Crippen molar-refractivity contribution in [3.8, 4) is 0 Å². The van der Waals surface area contributed by atoms with Crippen LogP contribution in [0.3, 0.4) is 0 Å². The summed E-state index contributed by atoms with van der Waals surface area (Å²) in [4.78, 5) is 24.0. The number of halogens is 1. The Morgan fingerprint density at radius 3 is 2.62 bits per heavy atom. The summed E-state index contributed by atoms with van der Waals surface area (Å²) < 4.78 is 13.5. The van der Waals surface area contributed by atoms with E-state index in [1.54, 1.807) is 30.1 Å². The lowest BCUT2D eigenvalue weighted by molar-refractivity contribution is -0.125. The summed E-state index contributed by atoms with van der Waals surface area (Å²) in [5.74, 6) is -0.914. The van der Waals surface area contributed by atoms with E-state index in [-0.39, 0.29) is 30.7 Å². The SMILES string of the molecule is CN(CCCNC(=O)CNC(=O)CN)c1ccccc1F. The molecular weight excluding hydrogens is 275 g/mol. The third-order valence-corrected chi connectivity index (χ3v) is 2.89. The largest absolute Gasteiger partial charge is 0.372 e. The van der Waals surface area contributed by atoms with Gasteiger partial charge in [0.2, 0.25) is 11.8 Å². The van der Waals surface area contributed by atoms with E-state index in [1.807, 2.05) is 0 Å². The first-order chi connectivity index (χ1) is 10.0. The fraction of sp³-hybridized carbons (Fsp3) is 0.429. The molecule has 6 nitrogen and oxygen atoms in total. The van der Waals surface area contributed by atoms with E-state index >= 15 is 0 Å². The molecule has 4 N–H and O–H groups in total. The molecule has 0 bridgehead atoms. The van der Waals surface area contributed by atoms with Crippen molar-refractivity contribution in [2.45, 2.75) is 6.42 Å². The fourth-order valence-corrected chi connectivity index (χ4v) is 1.74. The van der Waals surface area contributed by atoms with Crippen LogP contribution in [-0.4, -0.2) is 45.0 Å². The summed E-state index contributed by atoms with van der Waals surface area (Å²) in [6, 6.07) is 6.53. The number of hydrogen-bond acceptors (Lipinski definition) is 4. The molecule has 0 aliphatic carbocycles. The molecule has 0 heterocycles. The zero-order valence-electron chi connectivity index (χ0n) is 12.1. The quantitative estimate of drug-likeness (QED) is 0.582. The summed E-state index contributed by atoms with van der Waals surface area (Å²) in [5, 5.41) is 5.05.